The second-order valence-corrected chi connectivity index (χ2v) is 6.81. The molecule has 0 saturated carbocycles. The van der Waals surface area contributed by atoms with Crippen molar-refractivity contribution in [3.05, 3.63) is 49.5 Å². The molecule has 13 heteroatoms. The molecule has 1 amide bonds. The van der Waals surface area contributed by atoms with Crippen molar-refractivity contribution < 1.29 is 19.4 Å². The maximum atomic E-state index is 11.7. The summed E-state index contributed by atoms with van der Waals surface area (Å²) in [6.45, 7) is 6.60. The number of azo groups is 1. The molecule has 0 aliphatic rings. The largest absolute Gasteiger partial charge is 0.494 e. The SMILES string of the molecule is CCN(CC)c1cc(NC(C)=O)c(N=Nc2c(Cl)cc([N+](=O)[O-])cc2[N+](=O)[O-])cc1OC. The van der Waals surface area contributed by atoms with E-state index in [0.29, 0.717) is 30.2 Å². The predicted molar refractivity (Wildman–Crippen MR) is 120 cm³/mol. The van der Waals surface area contributed by atoms with Gasteiger partial charge in [-0.25, -0.2) is 0 Å². The number of nitro benzene ring substituents is 2. The summed E-state index contributed by atoms with van der Waals surface area (Å²) in [7, 11) is 1.47. The summed E-state index contributed by atoms with van der Waals surface area (Å²) in [6.07, 6.45) is 0. The van der Waals surface area contributed by atoms with Gasteiger partial charge in [0.1, 0.15) is 11.4 Å². The van der Waals surface area contributed by atoms with Crippen LogP contribution in [0.1, 0.15) is 20.8 Å². The van der Waals surface area contributed by atoms with Crippen molar-refractivity contribution in [3.63, 3.8) is 0 Å². The first kappa shape index (κ1) is 24.5. The summed E-state index contributed by atoms with van der Waals surface area (Å²) in [5.41, 5.74) is -0.436. The second kappa shape index (κ2) is 10.5. The highest BCUT2D eigenvalue weighted by molar-refractivity contribution is 6.33. The molecule has 170 valence electrons. The molecule has 0 unspecified atom stereocenters. The number of hydrogen-bond donors (Lipinski definition) is 1. The summed E-state index contributed by atoms with van der Waals surface area (Å²) in [6, 6.07) is 4.88. The van der Waals surface area contributed by atoms with E-state index in [0.717, 1.165) is 12.1 Å². The van der Waals surface area contributed by atoms with Crippen LogP contribution in [0.25, 0.3) is 0 Å². The lowest BCUT2D eigenvalue weighted by Crippen LogP contribution is -2.22. The van der Waals surface area contributed by atoms with E-state index in [1.165, 1.54) is 20.1 Å². The van der Waals surface area contributed by atoms with Crippen molar-refractivity contribution in [1.29, 1.82) is 0 Å². The molecule has 0 bridgehead atoms. The molecule has 1 N–H and O–H groups in total. The lowest BCUT2D eigenvalue weighted by atomic mass is 10.2. The molecular weight excluding hydrogens is 444 g/mol. The van der Waals surface area contributed by atoms with Gasteiger partial charge in [-0.2, -0.15) is 0 Å². The first-order valence-corrected chi connectivity index (χ1v) is 9.79. The standard InChI is InChI=1S/C19H21ClN6O6/c1-5-24(6-2)16-9-14(21-11(3)27)15(10-18(16)32-4)22-23-19-13(20)7-12(25(28)29)8-17(19)26(30)31/h7-10H,5-6H2,1-4H3,(H,21,27). The highest BCUT2D eigenvalue weighted by Crippen LogP contribution is 2.42. The molecular formula is C19H21ClN6O6. The van der Waals surface area contributed by atoms with E-state index in [2.05, 4.69) is 15.5 Å². The van der Waals surface area contributed by atoms with E-state index < -0.39 is 21.2 Å². The van der Waals surface area contributed by atoms with Crippen LogP contribution in [0.4, 0.5) is 34.1 Å². The highest BCUT2D eigenvalue weighted by atomic mass is 35.5. The van der Waals surface area contributed by atoms with Crippen molar-refractivity contribution >= 4 is 51.6 Å². The highest BCUT2D eigenvalue weighted by Gasteiger charge is 2.24. The summed E-state index contributed by atoms with van der Waals surface area (Å²) < 4.78 is 5.45. The number of benzene rings is 2. The molecule has 0 aliphatic heterocycles. The number of ether oxygens (including phenoxy) is 1. The summed E-state index contributed by atoms with van der Waals surface area (Å²) in [5, 5.41) is 32.6. The van der Waals surface area contributed by atoms with E-state index in [1.807, 2.05) is 18.7 Å². The average Bonchev–Trinajstić information content (AvgIpc) is 2.73. The molecule has 0 spiro atoms. The van der Waals surface area contributed by atoms with Crippen molar-refractivity contribution in [3.8, 4) is 5.75 Å². The fourth-order valence-corrected chi connectivity index (χ4v) is 3.17. The fourth-order valence-electron chi connectivity index (χ4n) is 2.92. The first-order chi connectivity index (χ1) is 15.1. The zero-order valence-corrected chi connectivity index (χ0v) is 18.5. The van der Waals surface area contributed by atoms with Gasteiger partial charge in [0, 0.05) is 32.1 Å². The van der Waals surface area contributed by atoms with Gasteiger partial charge in [-0.1, -0.05) is 11.6 Å². The van der Waals surface area contributed by atoms with Crippen LogP contribution in [0.3, 0.4) is 0 Å². The van der Waals surface area contributed by atoms with Crippen LogP contribution in [-0.2, 0) is 4.79 Å². The van der Waals surface area contributed by atoms with Crippen molar-refractivity contribution in [2.24, 2.45) is 10.2 Å². The van der Waals surface area contributed by atoms with Crippen LogP contribution < -0.4 is 15.0 Å². The van der Waals surface area contributed by atoms with E-state index in [9.17, 15) is 25.0 Å². The van der Waals surface area contributed by atoms with Crippen molar-refractivity contribution in [2.45, 2.75) is 20.8 Å². The third-order valence-electron chi connectivity index (χ3n) is 4.41. The molecule has 0 heterocycles. The Bertz CT molecular complexity index is 1090. The first-order valence-electron chi connectivity index (χ1n) is 9.41. The van der Waals surface area contributed by atoms with Gasteiger partial charge in [0.25, 0.3) is 5.69 Å². The number of nitrogens with one attached hydrogen (secondary N) is 1. The Kier molecular flexibility index (Phi) is 8.02. The molecule has 2 aromatic rings. The zero-order chi connectivity index (χ0) is 24.0. The van der Waals surface area contributed by atoms with E-state index >= 15 is 0 Å². The number of non-ortho nitro benzene ring substituents is 1. The number of hydrogen-bond acceptors (Lipinski definition) is 9. The minimum absolute atomic E-state index is 0.150. The van der Waals surface area contributed by atoms with E-state index in [-0.39, 0.29) is 22.3 Å². The van der Waals surface area contributed by atoms with Crippen LogP contribution in [0.5, 0.6) is 5.75 Å². The quantitative estimate of drug-likeness (QED) is 0.296. The zero-order valence-electron chi connectivity index (χ0n) is 17.8. The van der Waals surface area contributed by atoms with Crippen molar-refractivity contribution in [1.82, 2.24) is 0 Å². The molecule has 2 rings (SSSR count). The van der Waals surface area contributed by atoms with Crippen LogP contribution >= 0.6 is 11.6 Å². The lowest BCUT2D eigenvalue weighted by molar-refractivity contribution is -0.393. The predicted octanol–water partition coefficient (Wildman–Crippen LogP) is 5.39. The van der Waals surface area contributed by atoms with Crippen LogP contribution in [0.2, 0.25) is 5.02 Å². The average molecular weight is 465 g/mol. The second-order valence-electron chi connectivity index (χ2n) is 6.40. The Labute approximate surface area is 188 Å². The molecule has 0 radical (unpaired) electrons. The van der Waals surface area contributed by atoms with E-state index in [1.54, 1.807) is 6.07 Å². The van der Waals surface area contributed by atoms with Gasteiger partial charge in [0.2, 0.25) is 5.91 Å². The number of amides is 1. The Morgan fingerprint density at radius 1 is 1.12 bits per heavy atom. The van der Waals surface area contributed by atoms with Crippen LogP contribution in [0, 0.1) is 20.2 Å². The topological polar surface area (TPSA) is 153 Å². The van der Waals surface area contributed by atoms with Crippen LogP contribution in [0.15, 0.2) is 34.5 Å². The Hall–Kier alpha value is -3.80. The number of anilines is 2. The maximum Gasteiger partial charge on any atom is 0.305 e. The summed E-state index contributed by atoms with van der Waals surface area (Å²) in [4.78, 5) is 34.5. The molecule has 32 heavy (non-hydrogen) atoms. The van der Waals surface area contributed by atoms with Gasteiger partial charge >= 0.3 is 5.69 Å². The Morgan fingerprint density at radius 2 is 1.78 bits per heavy atom. The van der Waals surface area contributed by atoms with Gasteiger partial charge in [-0.15, -0.1) is 10.2 Å². The number of rotatable bonds is 9. The minimum atomic E-state index is -0.841. The normalized spacial score (nSPS) is 10.8. The van der Waals surface area contributed by atoms with Gasteiger partial charge in [-0.05, 0) is 19.9 Å². The molecule has 2 aromatic carbocycles. The fraction of sp³-hybridized carbons (Fsp3) is 0.316. The maximum absolute atomic E-state index is 11.7. The monoisotopic (exact) mass is 464 g/mol. The summed E-state index contributed by atoms with van der Waals surface area (Å²) in [5.74, 6) is 0.0810. The van der Waals surface area contributed by atoms with Gasteiger partial charge in [0.15, 0.2) is 5.69 Å². The minimum Gasteiger partial charge on any atom is -0.494 e. The Morgan fingerprint density at radius 3 is 2.28 bits per heavy atom. The van der Waals surface area contributed by atoms with Gasteiger partial charge in [-0.3, -0.25) is 25.0 Å². The number of methoxy groups -OCH3 is 1. The summed E-state index contributed by atoms with van der Waals surface area (Å²) >= 11 is 6.01. The van der Waals surface area contributed by atoms with Crippen LogP contribution in [-0.4, -0.2) is 36.0 Å². The van der Waals surface area contributed by atoms with Gasteiger partial charge in [0.05, 0.1) is 39.4 Å². The molecule has 0 aromatic heterocycles. The Balaban J connectivity index is 2.66. The molecule has 0 saturated heterocycles. The van der Waals surface area contributed by atoms with E-state index in [4.69, 9.17) is 16.3 Å². The van der Waals surface area contributed by atoms with Crippen molar-refractivity contribution in [2.75, 3.05) is 30.4 Å². The molecule has 12 nitrogen and oxygen atoms in total. The molecule has 0 aliphatic carbocycles. The molecule has 0 atom stereocenters. The number of halogens is 1. The lowest BCUT2D eigenvalue weighted by Gasteiger charge is -2.24. The third-order valence-corrected chi connectivity index (χ3v) is 4.69. The number of carbonyl (C=O) groups excluding carboxylic acids is 1. The third kappa shape index (κ3) is 5.46. The number of nitrogens with zero attached hydrogens (tertiary/aromatic N) is 5. The number of nitro groups is 2. The van der Waals surface area contributed by atoms with Gasteiger partial charge < -0.3 is 15.0 Å². The smallest absolute Gasteiger partial charge is 0.305 e. The molecule has 0 fully saturated rings. The number of carbonyl (C=O) groups is 1.